The molecule has 0 aromatic heterocycles. The largest absolute Gasteiger partial charge is 0.484 e. The number of rotatable bonds is 8. The van der Waals surface area contributed by atoms with E-state index in [2.05, 4.69) is 12.2 Å². The molecule has 0 aliphatic heterocycles. The van der Waals surface area contributed by atoms with Crippen molar-refractivity contribution in [3.63, 3.8) is 0 Å². The first kappa shape index (κ1) is 19.5. The summed E-state index contributed by atoms with van der Waals surface area (Å²) in [7, 11) is 1.59. The highest BCUT2D eigenvalue weighted by atomic mass is 16.5. The van der Waals surface area contributed by atoms with Gasteiger partial charge in [-0.2, -0.15) is 0 Å². The number of benzene rings is 2. The van der Waals surface area contributed by atoms with E-state index in [9.17, 15) is 9.59 Å². The number of hydrogen-bond acceptors (Lipinski definition) is 3. The van der Waals surface area contributed by atoms with Crippen LogP contribution in [0.3, 0.4) is 0 Å². The van der Waals surface area contributed by atoms with Crippen LogP contribution < -0.4 is 10.1 Å². The molecule has 26 heavy (non-hydrogen) atoms. The van der Waals surface area contributed by atoms with Crippen molar-refractivity contribution in [1.29, 1.82) is 0 Å². The maximum Gasteiger partial charge on any atom is 0.260 e. The number of hydrogen-bond donors (Lipinski definition) is 1. The zero-order valence-corrected chi connectivity index (χ0v) is 15.6. The van der Waals surface area contributed by atoms with Crippen molar-refractivity contribution in [2.75, 3.05) is 25.5 Å². The molecule has 0 radical (unpaired) electrons. The Balaban J connectivity index is 1.82. The molecule has 2 amide bonds. The third-order valence-corrected chi connectivity index (χ3v) is 4.17. The molecule has 1 N–H and O–H groups in total. The van der Waals surface area contributed by atoms with Crippen LogP contribution in [0, 0.1) is 0 Å². The number of carbonyl (C=O) groups excluding carboxylic acids is 2. The van der Waals surface area contributed by atoms with Crippen LogP contribution >= 0.6 is 0 Å². The third kappa shape index (κ3) is 5.62. The van der Waals surface area contributed by atoms with Crippen molar-refractivity contribution in [2.45, 2.75) is 26.7 Å². The minimum atomic E-state index is -0.247. The Morgan fingerprint density at radius 2 is 1.69 bits per heavy atom. The molecule has 0 atom stereocenters. The van der Waals surface area contributed by atoms with E-state index in [4.69, 9.17) is 4.74 Å². The van der Waals surface area contributed by atoms with Gasteiger partial charge in [0, 0.05) is 12.7 Å². The lowest BCUT2D eigenvalue weighted by molar-refractivity contribution is -0.135. The van der Waals surface area contributed by atoms with Crippen LogP contribution in [0.15, 0.2) is 48.5 Å². The van der Waals surface area contributed by atoms with E-state index in [1.54, 1.807) is 7.05 Å². The van der Waals surface area contributed by atoms with E-state index in [0.717, 1.165) is 24.1 Å². The number of para-hydroxylation sites is 1. The molecule has 2 aromatic rings. The molecule has 2 rings (SSSR count). The summed E-state index contributed by atoms with van der Waals surface area (Å²) in [4.78, 5) is 25.7. The fraction of sp³-hybridized carbons (Fsp3) is 0.333. The van der Waals surface area contributed by atoms with Gasteiger partial charge in [-0.1, -0.05) is 44.2 Å². The average molecular weight is 354 g/mol. The van der Waals surface area contributed by atoms with E-state index in [0.29, 0.717) is 5.75 Å². The number of aryl methyl sites for hydroxylation is 2. The van der Waals surface area contributed by atoms with E-state index in [1.165, 1.54) is 10.5 Å². The highest BCUT2D eigenvalue weighted by Crippen LogP contribution is 2.15. The van der Waals surface area contributed by atoms with E-state index in [1.807, 2.05) is 55.5 Å². The lowest BCUT2D eigenvalue weighted by atomic mass is 10.1. The second-order valence-electron chi connectivity index (χ2n) is 6.09. The molecule has 138 valence electrons. The summed E-state index contributed by atoms with van der Waals surface area (Å²) >= 11 is 0. The second kappa shape index (κ2) is 9.61. The fourth-order valence-corrected chi connectivity index (χ4v) is 2.52. The Bertz CT molecular complexity index is 741. The van der Waals surface area contributed by atoms with Gasteiger partial charge in [-0.05, 0) is 42.2 Å². The number of likely N-dealkylation sites (N-methyl/N-ethyl adjacent to an activating group) is 1. The van der Waals surface area contributed by atoms with E-state index < -0.39 is 0 Å². The first-order valence-corrected chi connectivity index (χ1v) is 8.87. The van der Waals surface area contributed by atoms with Crippen molar-refractivity contribution in [3.05, 3.63) is 59.7 Å². The molecule has 2 aromatic carbocycles. The lowest BCUT2D eigenvalue weighted by Gasteiger charge is -2.18. The van der Waals surface area contributed by atoms with Gasteiger partial charge >= 0.3 is 0 Å². The minimum Gasteiger partial charge on any atom is -0.484 e. The van der Waals surface area contributed by atoms with Crippen LogP contribution in [0.1, 0.15) is 25.0 Å². The average Bonchev–Trinajstić information content (AvgIpc) is 2.66. The van der Waals surface area contributed by atoms with Crippen LogP contribution in [0.25, 0.3) is 0 Å². The summed E-state index contributed by atoms with van der Waals surface area (Å²) < 4.78 is 5.50. The zero-order valence-electron chi connectivity index (χ0n) is 15.6. The molecule has 0 heterocycles. The Hall–Kier alpha value is -2.82. The normalized spacial score (nSPS) is 10.3. The first-order valence-electron chi connectivity index (χ1n) is 8.87. The van der Waals surface area contributed by atoms with Crippen molar-refractivity contribution in [1.82, 2.24) is 4.90 Å². The number of carbonyl (C=O) groups is 2. The molecule has 0 fully saturated rings. The number of nitrogens with zero attached hydrogens (tertiary/aromatic N) is 1. The number of ether oxygens (including phenoxy) is 1. The highest BCUT2D eigenvalue weighted by molar-refractivity contribution is 5.95. The van der Waals surface area contributed by atoms with Crippen molar-refractivity contribution in [2.24, 2.45) is 0 Å². The van der Waals surface area contributed by atoms with Gasteiger partial charge in [0.25, 0.3) is 5.91 Å². The van der Waals surface area contributed by atoms with Gasteiger partial charge in [-0.25, -0.2) is 0 Å². The van der Waals surface area contributed by atoms with Gasteiger partial charge in [0.05, 0.1) is 6.54 Å². The molecule has 0 spiro atoms. The highest BCUT2D eigenvalue weighted by Gasteiger charge is 2.14. The molecular formula is C21H26N2O3. The molecule has 5 heteroatoms. The molecule has 0 saturated heterocycles. The Morgan fingerprint density at radius 1 is 1.00 bits per heavy atom. The predicted octanol–water partition coefficient (Wildman–Crippen LogP) is 3.29. The van der Waals surface area contributed by atoms with Crippen molar-refractivity contribution >= 4 is 17.5 Å². The maximum atomic E-state index is 12.2. The maximum absolute atomic E-state index is 12.2. The number of amides is 2. The zero-order chi connectivity index (χ0) is 18.9. The topological polar surface area (TPSA) is 58.6 Å². The van der Waals surface area contributed by atoms with Gasteiger partial charge in [-0.15, -0.1) is 0 Å². The van der Waals surface area contributed by atoms with E-state index in [-0.39, 0.29) is 25.0 Å². The summed E-state index contributed by atoms with van der Waals surface area (Å²) in [6.07, 6.45) is 1.79. The fourth-order valence-electron chi connectivity index (χ4n) is 2.52. The summed E-state index contributed by atoms with van der Waals surface area (Å²) in [5.74, 6) is 0.169. The predicted molar refractivity (Wildman–Crippen MR) is 103 cm³/mol. The molecule has 0 aliphatic rings. The van der Waals surface area contributed by atoms with Crippen LogP contribution in [-0.4, -0.2) is 36.9 Å². The van der Waals surface area contributed by atoms with Crippen LogP contribution in [0.4, 0.5) is 5.69 Å². The monoisotopic (exact) mass is 354 g/mol. The third-order valence-electron chi connectivity index (χ3n) is 4.17. The summed E-state index contributed by atoms with van der Waals surface area (Å²) in [5, 5.41) is 2.86. The van der Waals surface area contributed by atoms with Gasteiger partial charge in [-0.3, -0.25) is 9.59 Å². The smallest absolute Gasteiger partial charge is 0.260 e. The van der Waals surface area contributed by atoms with Crippen molar-refractivity contribution < 1.29 is 14.3 Å². The Kier molecular flexibility index (Phi) is 7.21. The summed E-state index contributed by atoms with van der Waals surface area (Å²) in [5.41, 5.74) is 3.06. The summed E-state index contributed by atoms with van der Waals surface area (Å²) in [6, 6.07) is 15.3. The van der Waals surface area contributed by atoms with Crippen LogP contribution in [0.5, 0.6) is 5.75 Å². The van der Waals surface area contributed by atoms with Gasteiger partial charge in [0.1, 0.15) is 5.75 Å². The summed E-state index contributed by atoms with van der Waals surface area (Å²) in [6.45, 7) is 4.00. The second-order valence-corrected chi connectivity index (χ2v) is 6.09. The molecule has 0 saturated carbocycles. The number of nitrogens with one attached hydrogen (secondary N) is 1. The molecule has 0 unspecified atom stereocenters. The van der Waals surface area contributed by atoms with Gasteiger partial charge < -0.3 is 15.0 Å². The van der Waals surface area contributed by atoms with Crippen LogP contribution in [0.2, 0.25) is 0 Å². The molecule has 5 nitrogen and oxygen atoms in total. The Morgan fingerprint density at radius 3 is 2.35 bits per heavy atom. The number of anilines is 1. The minimum absolute atomic E-state index is 0.0188. The van der Waals surface area contributed by atoms with Crippen LogP contribution in [-0.2, 0) is 22.4 Å². The quantitative estimate of drug-likeness (QED) is 0.791. The first-order chi connectivity index (χ1) is 12.5. The molecular weight excluding hydrogens is 328 g/mol. The Labute approximate surface area is 155 Å². The van der Waals surface area contributed by atoms with Gasteiger partial charge in [0.2, 0.25) is 5.91 Å². The van der Waals surface area contributed by atoms with Crippen molar-refractivity contribution in [3.8, 4) is 5.75 Å². The standard InChI is InChI=1S/C21H26N2O3/c1-4-16-10-12-18(13-11-16)26-15-21(25)23(3)14-20(24)22-19-9-7-6-8-17(19)5-2/h6-13H,4-5,14-15H2,1-3H3,(H,22,24). The lowest BCUT2D eigenvalue weighted by Crippen LogP contribution is -2.37. The molecule has 0 bridgehead atoms. The van der Waals surface area contributed by atoms with E-state index >= 15 is 0 Å². The SMILES string of the molecule is CCc1ccc(OCC(=O)N(C)CC(=O)Nc2ccccc2CC)cc1. The van der Waals surface area contributed by atoms with Gasteiger partial charge in [0.15, 0.2) is 6.61 Å². The molecule has 0 aliphatic carbocycles.